The summed E-state index contributed by atoms with van der Waals surface area (Å²) in [5.74, 6) is 0.601. The summed E-state index contributed by atoms with van der Waals surface area (Å²) in [7, 11) is -1.59. The largest absolute Gasteiger partial charge is 0.474 e. The van der Waals surface area contributed by atoms with E-state index in [2.05, 4.69) is 20.6 Å². The van der Waals surface area contributed by atoms with E-state index in [1.165, 1.54) is 31.0 Å². The van der Waals surface area contributed by atoms with E-state index in [9.17, 15) is 12.8 Å². The highest BCUT2D eigenvalue weighted by molar-refractivity contribution is 14.0. The lowest BCUT2D eigenvalue weighted by atomic mass is 10.1. The average Bonchev–Trinajstić information content (AvgIpc) is 3.23. The molecule has 176 valence electrons. The fourth-order valence-corrected chi connectivity index (χ4v) is 4.38. The van der Waals surface area contributed by atoms with E-state index in [0.29, 0.717) is 29.5 Å². The summed E-state index contributed by atoms with van der Waals surface area (Å²) in [5, 5.41) is 6.28. The number of aliphatic imine (C=N–C) groups is 1. The Morgan fingerprint density at radius 3 is 2.50 bits per heavy atom. The number of nitrogens with one attached hydrogen (secondary N) is 2. The molecule has 2 aromatic rings. The molecule has 1 aliphatic rings. The van der Waals surface area contributed by atoms with E-state index >= 15 is 0 Å². The second-order valence-corrected chi connectivity index (χ2v) is 9.93. The van der Waals surface area contributed by atoms with Crippen molar-refractivity contribution in [3.63, 3.8) is 0 Å². The molecule has 1 aromatic heterocycles. The van der Waals surface area contributed by atoms with E-state index in [0.717, 1.165) is 24.7 Å². The van der Waals surface area contributed by atoms with Crippen molar-refractivity contribution in [3.05, 3.63) is 59.0 Å². The number of nitrogens with zero attached hydrogens (tertiary/aromatic N) is 2. The van der Waals surface area contributed by atoms with Gasteiger partial charge in [0.1, 0.15) is 11.9 Å². The summed E-state index contributed by atoms with van der Waals surface area (Å²) in [4.78, 5) is 8.54. The third kappa shape index (κ3) is 8.53. The zero-order valence-corrected chi connectivity index (χ0v) is 21.5. The third-order valence-corrected chi connectivity index (χ3v) is 5.94. The van der Waals surface area contributed by atoms with Crippen molar-refractivity contribution in [1.29, 1.82) is 0 Å². The molecule has 0 radical (unpaired) electrons. The van der Waals surface area contributed by atoms with Crippen molar-refractivity contribution >= 4 is 39.8 Å². The highest BCUT2D eigenvalue weighted by Crippen LogP contribution is 2.22. The van der Waals surface area contributed by atoms with Crippen LogP contribution in [-0.2, 0) is 28.7 Å². The molecule has 0 bridgehead atoms. The number of benzene rings is 1. The van der Waals surface area contributed by atoms with Gasteiger partial charge in [0, 0.05) is 38.7 Å². The number of halogens is 2. The molecule has 7 nitrogen and oxygen atoms in total. The number of pyridine rings is 1. The van der Waals surface area contributed by atoms with Crippen molar-refractivity contribution in [2.75, 3.05) is 13.3 Å². The summed E-state index contributed by atoms with van der Waals surface area (Å²) in [5.41, 5.74) is 2.10. The first-order valence-corrected chi connectivity index (χ1v) is 12.4. The van der Waals surface area contributed by atoms with Crippen LogP contribution >= 0.6 is 24.0 Å². The maximum atomic E-state index is 13.7. The van der Waals surface area contributed by atoms with Gasteiger partial charge in [-0.2, -0.15) is 0 Å². The predicted octanol–water partition coefficient (Wildman–Crippen LogP) is 3.57. The third-order valence-electron chi connectivity index (χ3n) is 5.10. The number of rotatable bonds is 8. The average molecular weight is 576 g/mol. The Balaban J connectivity index is 0.00000363. The van der Waals surface area contributed by atoms with Gasteiger partial charge in [0.25, 0.3) is 0 Å². The van der Waals surface area contributed by atoms with Crippen LogP contribution in [0.15, 0.2) is 41.5 Å². The molecule has 10 heteroatoms. The SMILES string of the molecule is CN=C(NCc1ccc(OC2CCCC2)nc1)NCc1cc(F)ccc1CS(C)(=O)=O.I. The van der Waals surface area contributed by atoms with Gasteiger partial charge in [-0.1, -0.05) is 12.1 Å². The number of sulfone groups is 1. The van der Waals surface area contributed by atoms with Crippen LogP contribution in [0.1, 0.15) is 42.4 Å². The lowest BCUT2D eigenvalue weighted by molar-refractivity contribution is 0.201. The van der Waals surface area contributed by atoms with Crippen LogP contribution in [0, 0.1) is 5.82 Å². The van der Waals surface area contributed by atoms with Crippen molar-refractivity contribution < 1.29 is 17.5 Å². The number of guanidine groups is 1. The standard InChI is InChI=1S/C22H29FN4O3S.HI/c1-24-22(27-14-18-11-19(23)9-8-17(18)15-31(2,28)29)26-13-16-7-10-21(25-12-16)30-20-5-3-4-6-20;/h7-12,20H,3-6,13-15H2,1-2H3,(H2,24,26,27);1H. The smallest absolute Gasteiger partial charge is 0.213 e. The zero-order chi connectivity index (χ0) is 22.3. The highest BCUT2D eigenvalue weighted by Gasteiger charge is 2.17. The van der Waals surface area contributed by atoms with Gasteiger partial charge < -0.3 is 15.4 Å². The molecular weight excluding hydrogens is 546 g/mol. The molecule has 2 N–H and O–H groups in total. The minimum Gasteiger partial charge on any atom is -0.474 e. The molecule has 3 rings (SSSR count). The molecular formula is C22H30FIN4O3S. The van der Waals surface area contributed by atoms with Crippen LogP contribution in [0.5, 0.6) is 5.88 Å². The molecule has 0 amide bonds. The van der Waals surface area contributed by atoms with Crippen LogP contribution in [0.2, 0.25) is 0 Å². The lowest BCUT2D eigenvalue weighted by Gasteiger charge is -2.15. The van der Waals surface area contributed by atoms with E-state index < -0.39 is 15.7 Å². The maximum Gasteiger partial charge on any atom is 0.213 e. The summed E-state index contributed by atoms with van der Waals surface area (Å²) in [6.07, 6.45) is 7.80. The Labute approximate surface area is 206 Å². The van der Waals surface area contributed by atoms with Crippen LogP contribution in [-0.4, -0.2) is 38.8 Å². The molecule has 0 atom stereocenters. The molecule has 0 saturated heterocycles. The molecule has 1 saturated carbocycles. The molecule has 1 aliphatic carbocycles. The van der Waals surface area contributed by atoms with Crippen LogP contribution < -0.4 is 15.4 Å². The topological polar surface area (TPSA) is 92.7 Å². The van der Waals surface area contributed by atoms with Crippen molar-refractivity contribution in [2.24, 2.45) is 4.99 Å². The number of ether oxygens (including phenoxy) is 1. The Morgan fingerprint density at radius 1 is 1.16 bits per heavy atom. The molecule has 1 fully saturated rings. The predicted molar refractivity (Wildman–Crippen MR) is 135 cm³/mol. The number of hydrogen-bond donors (Lipinski definition) is 2. The van der Waals surface area contributed by atoms with E-state index in [1.54, 1.807) is 13.2 Å². The van der Waals surface area contributed by atoms with Crippen molar-refractivity contribution in [2.45, 2.75) is 50.6 Å². The molecule has 0 aliphatic heterocycles. The zero-order valence-electron chi connectivity index (χ0n) is 18.3. The van der Waals surface area contributed by atoms with Crippen LogP contribution in [0.4, 0.5) is 4.39 Å². The lowest BCUT2D eigenvalue weighted by Crippen LogP contribution is -2.36. The second kappa shape index (κ2) is 12.3. The fourth-order valence-electron chi connectivity index (χ4n) is 3.53. The van der Waals surface area contributed by atoms with E-state index in [1.807, 2.05) is 12.1 Å². The van der Waals surface area contributed by atoms with Gasteiger partial charge in [-0.25, -0.2) is 17.8 Å². The first-order chi connectivity index (χ1) is 14.8. The van der Waals surface area contributed by atoms with Gasteiger partial charge in [-0.3, -0.25) is 4.99 Å². The highest BCUT2D eigenvalue weighted by atomic mass is 127. The van der Waals surface area contributed by atoms with E-state index in [-0.39, 0.29) is 42.4 Å². The number of aromatic nitrogens is 1. The molecule has 0 spiro atoms. The van der Waals surface area contributed by atoms with Crippen LogP contribution in [0.3, 0.4) is 0 Å². The molecule has 1 aromatic carbocycles. The minimum absolute atomic E-state index is 0. The Morgan fingerprint density at radius 2 is 1.88 bits per heavy atom. The Bertz CT molecular complexity index is 1010. The Kier molecular flexibility index (Phi) is 10.1. The summed E-state index contributed by atoms with van der Waals surface area (Å²) in [6, 6.07) is 7.94. The van der Waals surface area contributed by atoms with Gasteiger partial charge >= 0.3 is 0 Å². The molecule has 0 unspecified atom stereocenters. The Hall–Kier alpha value is -1.95. The fraction of sp³-hybridized carbons (Fsp3) is 0.455. The van der Waals surface area contributed by atoms with E-state index in [4.69, 9.17) is 4.74 Å². The molecule has 32 heavy (non-hydrogen) atoms. The van der Waals surface area contributed by atoms with Crippen molar-refractivity contribution in [3.8, 4) is 5.88 Å². The monoisotopic (exact) mass is 576 g/mol. The molecule has 1 heterocycles. The van der Waals surface area contributed by atoms with Crippen molar-refractivity contribution in [1.82, 2.24) is 15.6 Å². The first kappa shape index (κ1) is 26.3. The summed E-state index contributed by atoms with van der Waals surface area (Å²) < 4.78 is 42.8. The maximum absolute atomic E-state index is 13.7. The minimum atomic E-state index is -3.23. The van der Waals surface area contributed by atoms with Crippen LogP contribution in [0.25, 0.3) is 0 Å². The van der Waals surface area contributed by atoms with Gasteiger partial charge in [0.15, 0.2) is 15.8 Å². The quantitative estimate of drug-likeness (QED) is 0.284. The van der Waals surface area contributed by atoms with Gasteiger partial charge in [-0.05, 0) is 54.5 Å². The summed E-state index contributed by atoms with van der Waals surface area (Å²) in [6.45, 7) is 0.741. The summed E-state index contributed by atoms with van der Waals surface area (Å²) >= 11 is 0. The normalized spacial score (nSPS) is 14.7. The second-order valence-electron chi connectivity index (χ2n) is 7.79. The first-order valence-electron chi connectivity index (χ1n) is 10.3. The van der Waals surface area contributed by atoms with Gasteiger partial charge in [0.05, 0.1) is 5.75 Å². The van der Waals surface area contributed by atoms with Gasteiger partial charge in [0.2, 0.25) is 5.88 Å². The van der Waals surface area contributed by atoms with Gasteiger partial charge in [-0.15, -0.1) is 24.0 Å². The number of hydrogen-bond acceptors (Lipinski definition) is 5.